The number of primary amides is 1. The highest BCUT2D eigenvalue weighted by Crippen LogP contribution is 2.27. The van der Waals surface area contributed by atoms with E-state index < -0.39 is 53.8 Å². The second-order valence-electron chi connectivity index (χ2n) is 15.1. The summed E-state index contributed by atoms with van der Waals surface area (Å²) in [7, 11) is 3.73. The third-order valence-electron chi connectivity index (χ3n) is 10.1. The molecule has 53 heavy (non-hydrogen) atoms. The number of carbonyl (C=O) groups is 6. The lowest BCUT2D eigenvalue weighted by Gasteiger charge is -2.33. The molecule has 2 aromatic rings. The minimum Gasteiger partial charge on any atom is -0.368 e. The lowest BCUT2D eigenvalue weighted by Crippen LogP contribution is -2.61. The molecule has 1 saturated carbocycles. The molecule has 0 spiro atoms. The van der Waals surface area contributed by atoms with Crippen molar-refractivity contribution in [1.82, 2.24) is 26.2 Å². The maximum absolute atomic E-state index is 14.4. The summed E-state index contributed by atoms with van der Waals surface area (Å²) in [5, 5.41) is 11.6. The molecule has 0 unspecified atom stereocenters. The molecule has 2 aliphatic rings. The Morgan fingerprint density at radius 2 is 1.30 bits per heavy atom. The van der Waals surface area contributed by atoms with E-state index in [9.17, 15) is 28.8 Å². The predicted octanol–water partition coefficient (Wildman–Crippen LogP) is 0.183. The standard InChI is InChI=1S/C39H56N8O6/c1-25(2)20-32(39(53)47-19-11-16-33(47)35(40)49)43-36(50)31(22-28-13-10-18-46(5)24-28)42-38(52)34(29-14-7-6-8-15-29)44-37(51)30(41-26(3)48)21-27-12-9-17-45(4)23-27/h9-10,12-13,17-18,23-25,29-34H,6-8,11,14-16,19-22H2,1-5H3,(H4-2,40,41,42,43,44,48,49,50,51,52)/p+2/t30-,31-,32-,33-,34-/m0/s1. The number of likely N-dealkylation sites (tertiary alicyclic amines) is 1. The van der Waals surface area contributed by atoms with Gasteiger partial charge in [-0.15, -0.1) is 0 Å². The Kier molecular flexibility index (Phi) is 14.9. The number of hydrogen-bond donors (Lipinski definition) is 5. The SMILES string of the molecule is CC(=O)N[C@@H](Cc1ccc[n+](C)c1)C(=O)N[C@H](C(=O)N[C@@H](Cc1ccc[n+](C)c1)C(=O)N[C@@H](CC(C)C)C(=O)N1CCC[C@H]1C(N)=O)C1CCCCC1. The molecule has 2 aromatic heterocycles. The lowest BCUT2D eigenvalue weighted by molar-refractivity contribution is -0.672. The highest BCUT2D eigenvalue weighted by molar-refractivity contribution is 5.96. The van der Waals surface area contributed by atoms with Crippen molar-refractivity contribution in [2.75, 3.05) is 6.54 Å². The quantitative estimate of drug-likeness (QED) is 0.153. The Morgan fingerprint density at radius 1 is 0.755 bits per heavy atom. The van der Waals surface area contributed by atoms with Crippen molar-refractivity contribution >= 4 is 35.4 Å². The van der Waals surface area contributed by atoms with Crippen molar-refractivity contribution in [2.45, 2.75) is 115 Å². The van der Waals surface area contributed by atoms with Crippen LogP contribution in [0, 0.1) is 11.8 Å². The van der Waals surface area contributed by atoms with Crippen molar-refractivity contribution in [3.05, 3.63) is 60.2 Å². The number of rotatable bonds is 16. The third kappa shape index (κ3) is 12.1. The normalized spacial score (nSPS) is 18.4. The van der Waals surface area contributed by atoms with Crippen molar-refractivity contribution in [3.63, 3.8) is 0 Å². The van der Waals surface area contributed by atoms with Crippen LogP contribution < -0.4 is 36.1 Å². The first kappa shape index (κ1) is 40.9. The van der Waals surface area contributed by atoms with Crippen molar-refractivity contribution in [1.29, 1.82) is 0 Å². The highest BCUT2D eigenvalue weighted by atomic mass is 16.2. The van der Waals surface area contributed by atoms with Crippen LogP contribution in [0.4, 0.5) is 0 Å². The second-order valence-corrected chi connectivity index (χ2v) is 15.1. The van der Waals surface area contributed by atoms with Gasteiger partial charge < -0.3 is 31.9 Å². The van der Waals surface area contributed by atoms with Crippen molar-refractivity contribution in [3.8, 4) is 0 Å². The zero-order valence-corrected chi connectivity index (χ0v) is 31.8. The largest absolute Gasteiger partial charge is 0.368 e. The average Bonchev–Trinajstić information content (AvgIpc) is 3.60. The Hall–Kier alpha value is -4.88. The summed E-state index contributed by atoms with van der Waals surface area (Å²) in [6.45, 7) is 5.59. The second kappa shape index (κ2) is 19.3. The molecule has 6 N–H and O–H groups in total. The Morgan fingerprint density at radius 3 is 1.83 bits per heavy atom. The zero-order chi connectivity index (χ0) is 38.7. The maximum Gasteiger partial charge on any atom is 0.245 e. The molecular formula is C39H58N8O6+2. The molecule has 1 saturated heterocycles. The molecule has 4 rings (SSSR count). The summed E-state index contributed by atoms with van der Waals surface area (Å²) in [6, 6.07) is 2.74. The van der Waals surface area contributed by atoms with Crippen molar-refractivity contribution < 1.29 is 37.9 Å². The molecule has 0 bridgehead atoms. The summed E-state index contributed by atoms with van der Waals surface area (Å²) < 4.78 is 3.70. The van der Waals surface area contributed by atoms with Gasteiger partial charge in [-0.25, -0.2) is 9.13 Å². The van der Waals surface area contributed by atoms with Gasteiger partial charge >= 0.3 is 0 Å². The fourth-order valence-electron chi connectivity index (χ4n) is 7.55. The number of hydrogen-bond acceptors (Lipinski definition) is 6. The van der Waals surface area contributed by atoms with E-state index in [1.165, 1.54) is 11.8 Å². The molecule has 6 amide bonds. The van der Waals surface area contributed by atoms with Crippen LogP contribution in [0.3, 0.4) is 0 Å². The summed E-state index contributed by atoms with van der Waals surface area (Å²) in [4.78, 5) is 82.2. The van der Waals surface area contributed by atoms with Gasteiger partial charge in [0.25, 0.3) is 0 Å². The van der Waals surface area contributed by atoms with Crippen LogP contribution in [0.5, 0.6) is 0 Å². The smallest absolute Gasteiger partial charge is 0.245 e. The van der Waals surface area contributed by atoms with E-state index in [-0.39, 0.29) is 36.5 Å². The van der Waals surface area contributed by atoms with Gasteiger partial charge in [0.15, 0.2) is 24.8 Å². The van der Waals surface area contributed by atoms with Gasteiger partial charge in [0.1, 0.15) is 44.3 Å². The maximum atomic E-state index is 14.4. The number of carbonyl (C=O) groups excluding carboxylic acids is 6. The summed E-state index contributed by atoms with van der Waals surface area (Å²) in [6.07, 6.45) is 13.4. The molecular weight excluding hydrogens is 676 g/mol. The van der Waals surface area contributed by atoms with Crippen LogP contribution in [0.1, 0.15) is 83.3 Å². The number of pyridine rings is 2. The van der Waals surface area contributed by atoms with Gasteiger partial charge in [0, 0.05) is 49.6 Å². The van der Waals surface area contributed by atoms with Gasteiger partial charge in [-0.2, -0.15) is 0 Å². The van der Waals surface area contributed by atoms with Crippen LogP contribution in [-0.4, -0.2) is 77.1 Å². The first-order valence-corrected chi connectivity index (χ1v) is 18.9. The minimum atomic E-state index is -1.10. The summed E-state index contributed by atoms with van der Waals surface area (Å²) in [5.41, 5.74) is 7.22. The number of aromatic nitrogens is 2. The van der Waals surface area contributed by atoms with Crippen LogP contribution in [0.2, 0.25) is 0 Å². The number of amides is 6. The van der Waals surface area contributed by atoms with Gasteiger partial charge in [-0.1, -0.05) is 33.1 Å². The van der Waals surface area contributed by atoms with Crippen LogP contribution in [-0.2, 0) is 55.7 Å². The van der Waals surface area contributed by atoms with E-state index in [0.29, 0.717) is 38.6 Å². The zero-order valence-electron chi connectivity index (χ0n) is 31.8. The fourth-order valence-corrected chi connectivity index (χ4v) is 7.55. The number of aryl methyl sites for hydroxylation is 2. The number of nitrogens with zero attached hydrogens (tertiary/aromatic N) is 3. The molecule has 14 nitrogen and oxygen atoms in total. The Bertz CT molecular complexity index is 1630. The Balaban J connectivity index is 1.61. The monoisotopic (exact) mass is 734 g/mol. The van der Waals surface area contributed by atoms with E-state index in [0.717, 1.165) is 30.4 Å². The third-order valence-corrected chi connectivity index (χ3v) is 10.1. The van der Waals surface area contributed by atoms with E-state index in [1.807, 2.05) is 86.1 Å². The lowest BCUT2D eigenvalue weighted by atomic mass is 9.83. The molecule has 3 heterocycles. The summed E-state index contributed by atoms with van der Waals surface area (Å²) in [5.74, 6) is -3.06. The van der Waals surface area contributed by atoms with E-state index in [4.69, 9.17) is 5.73 Å². The van der Waals surface area contributed by atoms with Crippen LogP contribution in [0.25, 0.3) is 0 Å². The first-order chi connectivity index (χ1) is 25.2. The minimum absolute atomic E-state index is 0.0286. The predicted molar refractivity (Wildman–Crippen MR) is 196 cm³/mol. The molecule has 1 aliphatic heterocycles. The Labute approximate surface area is 312 Å². The molecule has 1 aliphatic carbocycles. The van der Waals surface area contributed by atoms with E-state index in [1.54, 1.807) is 0 Å². The van der Waals surface area contributed by atoms with Crippen molar-refractivity contribution in [2.24, 2.45) is 31.7 Å². The molecule has 5 atom stereocenters. The molecule has 0 radical (unpaired) electrons. The number of nitrogens with two attached hydrogens (primary N) is 1. The van der Waals surface area contributed by atoms with Crippen LogP contribution in [0.15, 0.2) is 49.1 Å². The molecule has 2 fully saturated rings. The van der Waals surface area contributed by atoms with Crippen LogP contribution >= 0.6 is 0 Å². The number of nitrogens with one attached hydrogen (secondary N) is 4. The van der Waals surface area contributed by atoms with E-state index >= 15 is 0 Å². The van der Waals surface area contributed by atoms with Gasteiger partial charge in [0.2, 0.25) is 35.4 Å². The molecule has 288 valence electrons. The molecule has 0 aromatic carbocycles. The molecule has 14 heteroatoms. The first-order valence-electron chi connectivity index (χ1n) is 18.9. The fraction of sp³-hybridized carbons (Fsp3) is 0.590. The highest BCUT2D eigenvalue weighted by Gasteiger charge is 2.39. The van der Waals surface area contributed by atoms with Gasteiger partial charge in [-0.3, -0.25) is 28.8 Å². The van der Waals surface area contributed by atoms with Gasteiger partial charge in [-0.05, 0) is 56.1 Å². The van der Waals surface area contributed by atoms with Gasteiger partial charge in [0.05, 0.1) is 0 Å². The van der Waals surface area contributed by atoms with E-state index in [2.05, 4.69) is 21.3 Å². The average molecular weight is 735 g/mol. The topological polar surface area (TPSA) is 188 Å². The summed E-state index contributed by atoms with van der Waals surface area (Å²) >= 11 is 0.